The quantitative estimate of drug-likeness (QED) is 0.714. The van der Waals surface area contributed by atoms with Crippen molar-refractivity contribution in [1.29, 1.82) is 0 Å². The Labute approximate surface area is 143 Å². The Bertz CT molecular complexity index is 785. The standard InChI is InChI=1S/C20H24N4/c1-15-5-7-17(8-6-15)13-24-14-20(21-22-24)19-11-9-18(10-12-19)16(2)23(3)4/h5-12,14,16H,13H2,1-4H3/t16-/m1/s1. The van der Waals surface area contributed by atoms with Crippen molar-refractivity contribution >= 4 is 0 Å². The fourth-order valence-corrected chi connectivity index (χ4v) is 2.62. The summed E-state index contributed by atoms with van der Waals surface area (Å²) < 4.78 is 1.89. The van der Waals surface area contributed by atoms with E-state index in [1.165, 1.54) is 16.7 Å². The molecule has 0 spiro atoms. The number of hydrogen-bond donors (Lipinski definition) is 0. The first kappa shape index (κ1) is 16.4. The molecule has 1 heterocycles. The van der Waals surface area contributed by atoms with Crippen LogP contribution in [0, 0.1) is 6.92 Å². The SMILES string of the molecule is Cc1ccc(Cn2cc(-c3ccc([C@@H](C)N(C)C)cc3)nn2)cc1. The number of aromatic nitrogens is 3. The van der Waals surface area contributed by atoms with Crippen molar-refractivity contribution in [2.24, 2.45) is 0 Å². The first-order valence-corrected chi connectivity index (χ1v) is 8.25. The second-order valence-electron chi connectivity index (χ2n) is 6.55. The summed E-state index contributed by atoms with van der Waals surface area (Å²) in [6.07, 6.45) is 2.00. The average Bonchev–Trinajstić information content (AvgIpc) is 3.05. The maximum atomic E-state index is 4.31. The highest BCUT2D eigenvalue weighted by molar-refractivity contribution is 5.58. The van der Waals surface area contributed by atoms with Crippen molar-refractivity contribution < 1.29 is 0 Å². The number of benzene rings is 2. The summed E-state index contributed by atoms with van der Waals surface area (Å²) >= 11 is 0. The molecule has 0 aliphatic carbocycles. The zero-order chi connectivity index (χ0) is 17.1. The van der Waals surface area contributed by atoms with E-state index >= 15 is 0 Å². The summed E-state index contributed by atoms with van der Waals surface area (Å²) in [6, 6.07) is 17.5. The molecule has 0 unspecified atom stereocenters. The minimum Gasteiger partial charge on any atom is -0.303 e. The molecular weight excluding hydrogens is 296 g/mol. The largest absolute Gasteiger partial charge is 0.303 e. The number of aryl methyl sites for hydroxylation is 1. The van der Waals surface area contributed by atoms with Gasteiger partial charge in [-0.2, -0.15) is 0 Å². The molecule has 0 saturated heterocycles. The maximum Gasteiger partial charge on any atom is 0.113 e. The molecule has 3 aromatic rings. The van der Waals surface area contributed by atoms with E-state index in [9.17, 15) is 0 Å². The summed E-state index contributed by atoms with van der Waals surface area (Å²) in [5, 5.41) is 8.57. The van der Waals surface area contributed by atoms with Gasteiger partial charge < -0.3 is 4.90 Å². The lowest BCUT2D eigenvalue weighted by atomic mass is 10.0. The van der Waals surface area contributed by atoms with E-state index in [0.717, 1.165) is 17.8 Å². The summed E-state index contributed by atoms with van der Waals surface area (Å²) in [5.74, 6) is 0. The third kappa shape index (κ3) is 3.71. The average molecular weight is 320 g/mol. The molecular formula is C20H24N4. The van der Waals surface area contributed by atoms with Gasteiger partial charge in [0.1, 0.15) is 5.69 Å². The topological polar surface area (TPSA) is 34.0 Å². The summed E-state index contributed by atoms with van der Waals surface area (Å²) in [5.41, 5.74) is 5.80. The zero-order valence-corrected chi connectivity index (χ0v) is 14.8. The molecule has 1 atom stereocenters. The molecule has 0 saturated carbocycles. The van der Waals surface area contributed by atoms with E-state index in [2.05, 4.69) is 91.7 Å². The second-order valence-corrected chi connectivity index (χ2v) is 6.55. The van der Waals surface area contributed by atoms with E-state index in [4.69, 9.17) is 0 Å². The van der Waals surface area contributed by atoms with Crippen molar-refractivity contribution in [1.82, 2.24) is 19.9 Å². The Balaban J connectivity index is 1.74. The number of rotatable bonds is 5. The van der Waals surface area contributed by atoms with Gasteiger partial charge in [0, 0.05) is 11.6 Å². The Morgan fingerprint density at radius 3 is 2.29 bits per heavy atom. The highest BCUT2D eigenvalue weighted by Gasteiger charge is 2.09. The van der Waals surface area contributed by atoms with Gasteiger partial charge >= 0.3 is 0 Å². The van der Waals surface area contributed by atoms with Crippen LogP contribution in [0.3, 0.4) is 0 Å². The summed E-state index contributed by atoms with van der Waals surface area (Å²) in [7, 11) is 4.19. The normalized spacial score (nSPS) is 12.5. The van der Waals surface area contributed by atoms with Crippen LogP contribution in [0.15, 0.2) is 54.7 Å². The van der Waals surface area contributed by atoms with Crippen LogP contribution in [0.2, 0.25) is 0 Å². The molecule has 1 aromatic heterocycles. The fraction of sp³-hybridized carbons (Fsp3) is 0.300. The van der Waals surface area contributed by atoms with E-state index in [0.29, 0.717) is 6.04 Å². The fourth-order valence-electron chi connectivity index (χ4n) is 2.62. The van der Waals surface area contributed by atoms with Gasteiger partial charge in [0.15, 0.2) is 0 Å². The van der Waals surface area contributed by atoms with Crippen LogP contribution in [0.25, 0.3) is 11.3 Å². The molecule has 0 bridgehead atoms. The molecule has 3 rings (SSSR count). The van der Waals surface area contributed by atoms with Crippen molar-refractivity contribution in [2.75, 3.05) is 14.1 Å². The lowest BCUT2D eigenvalue weighted by Gasteiger charge is -2.20. The minimum atomic E-state index is 0.399. The zero-order valence-electron chi connectivity index (χ0n) is 14.8. The third-order valence-corrected chi connectivity index (χ3v) is 4.47. The molecule has 0 aliphatic heterocycles. The Hall–Kier alpha value is -2.46. The van der Waals surface area contributed by atoms with Gasteiger partial charge in [0.2, 0.25) is 0 Å². The van der Waals surface area contributed by atoms with E-state index in [1.54, 1.807) is 0 Å². The predicted octanol–water partition coefficient (Wildman–Crippen LogP) is 3.92. The van der Waals surface area contributed by atoms with E-state index in [-0.39, 0.29) is 0 Å². The maximum absolute atomic E-state index is 4.31. The third-order valence-electron chi connectivity index (χ3n) is 4.47. The molecule has 0 amide bonds. The molecule has 0 N–H and O–H groups in total. The smallest absolute Gasteiger partial charge is 0.113 e. The van der Waals surface area contributed by atoms with Crippen molar-refractivity contribution in [3.05, 3.63) is 71.4 Å². The molecule has 4 nitrogen and oxygen atoms in total. The van der Waals surface area contributed by atoms with Gasteiger partial charge in [0.05, 0.1) is 12.7 Å². The van der Waals surface area contributed by atoms with Gasteiger partial charge in [-0.05, 0) is 39.1 Å². The summed E-state index contributed by atoms with van der Waals surface area (Å²) in [4.78, 5) is 2.20. The molecule has 2 aromatic carbocycles. The molecule has 0 aliphatic rings. The van der Waals surface area contributed by atoms with Crippen molar-refractivity contribution in [3.8, 4) is 11.3 Å². The van der Waals surface area contributed by atoms with E-state index in [1.807, 2.05) is 10.9 Å². The van der Waals surface area contributed by atoms with Crippen molar-refractivity contribution in [2.45, 2.75) is 26.4 Å². The van der Waals surface area contributed by atoms with Crippen molar-refractivity contribution in [3.63, 3.8) is 0 Å². The minimum absolute atomic E-state index is 0.399. The van der Waals surface area contributed by atoms with Crippen LogP contribution in [-0.2, 0) is 6.54 Å². The van der Waals surface area contributed by atoms with Gasteiger partial charge in [-0.25, -0.2) is 4.68 Å². The van der Waals surface area contributed by atoms with Gasteiger partial charge in [-0.15, -0.1) is 5.10 Å². The summed E-state index contributed by atoms with van der Waals surface area (Å²) in [6.45, 7) is 5.04. The lowest BCUT2D eigenvalue weighted by molar-refractivity contribution is 0.321. The van der Waals surface area contributed by atoms with Crippen LogP contribution >= 0.6 is 0 Å². The monoisotopic (exact) mass is 320 g/mol. The van der Waals surface area contributed by atoms with E-state index < -0.39 is 0 Å². The Morgan fingerprint density at radius 1 is 1.00 bits per heavy atom. The second kappa shape index (κ2) is 6.97. The molecule has 24 heavy (non-hydrogen) atoms. The molecule has 124 valence electrons. The highest BCUT2D eigenvalue weighted by atomic mass is 15.4. The first-order valence-electron chi connectivity index (χ1n) is 8.25. The van der Waals surface area contributed by atoms with Crippen LogP contribution < -0.4 is 0 Å². The molecule has 0 radical (unpaired) electrons. The van der Waals surface area contributed by atoms with Crippen LogP contribution in [-0.4, -0.2) is 34.0 Å². The first-order chi connectivity index (χ1) is 11.5. The van der Waals surface area contributed by atoms with Gasteiger partial charge in [0.25, 0.3) is 0 Å². The highest BCUT2D eigenvalue weighted by Crippen LogP contribution is 2.22. The van der Waals surface area contributed by atoms with Crippen LogP contribution in [0.4, 0.5) is 0 Å². The lowest BCUT2D eigenvalue weighted by Crippen LogP contribution is -2.16. The number of nitrogens with zero attached hydrogens (tertiary/aromatic N) is 4. The van der Waals surface area contributed by atoms with Gasteiger partial charge in [-0.1, -0.05) is 59.3 Å². The predicted molar refractivity (Wildman–Crippen MR) is 97.8 cm³/mol. The van der Waals surface area contributed by atoms with Crippen LogP contribution in [0.5, 0.6) is 0 Å². The molecule has 0 fully saturated rings. The Kier molecular flexibility index (Phi) is 4.76. The van der Waals surface area contributed by atoms with Crippen LogP contribution in [0.1, 0.15) is 29.7 Å². The van der Waals surface area contributed by atoms with Gasteiger partial charge in [-0.3, -0.25) is 0 Å². The number of hydrogen-bond acceptors (Lipinski definition) is 3. The Morgan fingerprint density at radius 2 is 1.67 bits per heavy atom. The molecule has 4 heteroatoms.